The van der Waals surface area contributed by atoms with E-state index >= 15 is 0 Å². The molecule has 1 aromatic heterocycles. The number of anilines is 1. The highest BCUT2D eigenvalue weighted by Gasteiger charge is 2.59. The molecule has 3 atom stereocenters. The summed E-state index contributed by atoms with van der Waals surface area (Å²) < 4.78 is 0. The smallest absolute Gasteiger partial charge is 0.261 e. The van der Waals surface area contributed by atoms with Gasteiger partial charge in [0, 0.05) is 16.9 Å². The number of hydroxylamine groups is 1. The van der Waals surface area contributed by atoms with Crippen LogP contribution >= 0.6 is 22.9 Å². The zero-order valence-electron chi connectivity index (χ0n) is 12.2. The second-order valence-corrected chi connectivity index (χ2v) is 6.97. The topological polar surface area (TPSA) is 49.9 Å². The summed E-state index contributed by atoms with van der Waals surface area (Å²) in [5, 5.41) is 4.24. The van der Waals surface area contributed by atoms with Gasteiger partial charge in [-0.2, -0.15) is 0 Å². The monoisotopic (exact) mass is 348 g/mol. The lowest BCUT2D eigenvalue weighted by molar-refractivity contribution is -0.141. The van der Waals surface area contributed by atoms with E-state index in [4.69, 9.17) is 16.4 Å². The summed E-state index contributed by atoms with van der Waals surface area (Å²) in [4.78, 5) is 32.8. The maximum absolute atomic E-state index is 12.5. The van der Waals surface area contributed by atoms with Gasteiger partial charge < -0.3 is 0 Å². The summed E-state index contributed by atoms with van der Waals surface area (Å²) in [6.45, 7) is 0. The molecule has 0 saturated carbocycles. The number of hydrogen-bond donors (Lipinski definition) is 0. The van der Waals surface area contributed by atoms with Gasteiger partial charge in [-0.15, -0.1) is 11.3 Å². The molecule has 5 nitrogen and oxygen atoms in total. The first-order valence-corrected chi connectivity index (χ1v) is 8.40. The van der Waals surface area contributed by atoms with Gasteiger partial charge in [-0.05, 0) is 35.7 Å². The molecule has 0 radical (unpaired) electrons. The van der Waals surface area contributed by atoms with Crippen LogP contribution in [0.15, 0.2) is 41.8 Å². The van der Waals surface area contributed by atoms with Crippen molar-refractivity contribution in [1.82, 2.24) is 4.90 Å². The van der Waals surface area contributed by atoms with Crippen LogP contribution in [-0.4, -0.2) is 29.9 Å². The highest BCUT2D eigenvalue weighted by molar-refractivity contribution is 7.10. The van der Waals surface area contributed by atoms with Gasteiger partial charge in [-0.3, -0.25) is 19.3 Å². The lowest BCUT2D eigenvalue weighted by Gasteiger charge is -2.27. The standard InChI is InChI=1S/C16H13ClN2O3S/c1-18-15(20)12-13(11-3-2-8-23-11)19(22-14(12)16(18)21)10-6-4-9(17)5-7-10/h2-8,12-14H,1H3/t12-,13-,14+/m1/s1. The highest BCUT2D eigenvalue weighted by Crippen LogP contribution is 2.47. The first-order valence-electron chi connectivity index (χ1n) is 7.14. The van der Waals surface area contributed by atoms with Gasteiger partial charge in [0.1, 0.15) is 12.0 Å². The Hall–Kier alpha value is -1.89. The van der Waals surface area contributed by atoms with Crippen LogP contribution in [0, 0.1) is 5.92 Å². The van der Waals surface area contributed by atoms with Crippen molar-refractivity contribution in [2.24, 2.45) is 5.92 Å². The lowest BCUT2D eigenvalue weighted by atomic mass is 9.95. The Morgan fingerprint density at radius 2 is 1.87 bits per heavy atom. The molecule has 7 heteroatoms. The predicted octanol–water partition coefficient (Wildman–Crippen LogP) is 2.88. The number of fused-ring (bicyclic) bond motifs is 1. The summed E-state index contributed by atoms with van der Waals surface area (Å²) in [5.74, 6) is -1.02. The molecule has 2 amide bonds. The number of halogens is 1. The Balaban J connectivity index is 1.79. The number of rotatable bonds is 2. The van der Waals surface area contributed by atoms with Gasteiger partial charge >= 0.3 is 0 Å². The molecule has 0 unspecified atom stereocenters. The van der Waals surface area contributed by atoms with Crippen molar-refractivity contribution in [2.75, 3.05) is 12.1 Å². The number of carbonyl (C=O) groups excluding carboxylic acids is 2. The fourth-order valence-electron chi connectivity index (χ4n) is 3.11. The summed E-state index contributed by atoms with van der Waals surface area (Å²) in [5.41, 5.74) is 0.769. The van der Waals surface area contributed by atoms with Crippen LogP contribution in [0.5, 0.6) is 0 Å². The maximum atomic E-state index is 12.5. The second kappa shape index (κ2) is 5.33. The van der Waals surface area contributed by atoms with E-state index < -0.39 is 12.0 Å². The van der Waals surface area contributed by atoms with E-state index in [2.05, 4.69) is 0 Å². The van der Waals surface area contributed by atoms with Crippen molar-refractivity contribution < 1.29 is 14.4 Å². The van der Waals surface area contributed by atoms with Crippen LogP contribution in [0.1, 0.15) is 10.9 Å². The van der Waals surface area contributed by atoms with Gasteiger partial charge in [0.25, 0.3) is 5.91 Å². The van der Waals surface area contributed by atoms with Gasteiger partial charge in [0.2, 0.25) is 5.91 Å². The highest BCUT2D eigenvalue weighted by atomic mass is 35.5. The van der Waals surface area contributed by atoms with Crippen LogP contribution in [0.4, 0.5) is 5.69 Å². The predicted molar refractivity (Wildman–Crippen MR) is 87.1 cm³/mol. The van der Waals surface area contributed by atoms with Crippen molar-refractivity contribution in [1.29, 1.82) is 0 Å². The molecule has 3 heterocycles. The van der Waals surface area contributed by atoms with Crippen molar-refractivity contribution in [3.63, 3.8) is 0 Å². The first kappa shape index (κ1) is 14.7. The molecule has 0 aliphatic carbocycles. The van der Waals surface area contributed by atoms with Gasteiger partial charge in [0.05, 0.1) is 5.69 Å². The van der Waals surface area contributed by atoms with Crippen molar-refractivity contribution in [2.45, 2.75) is 12.1 Å². The molecule has 2 aliphatic heterocycles. The minimum Gasteiger partial charge on any atom is -0.283 e. The molecule has 0 N–H and O–H groups in total. The molecule has 2 aliphatic rings. The van der Waals surface area contributed by atoms with Gasteiger partial charge in [-0.25, -0.2) is 5.06 Å². The Morgan fingerprint density at radius 3 is 2.52 bits per heavy atom. The number of amides is 2. The number of hydrogen-bond acceptors (Lipinski definition) is 5. The zero-order valence-corrected chi connectivity index (χ0v) is 13.8. The van der Waals surface area contributed by atoms with E-state index in [1.165, 1.54) is 7.05 Å². The SMILES string of the molecule is CN1C(=O)[C@H]2[C@H](ON(c3ccc(Cl)cc3)[C@@H]2c2cccs2)C1=O. The molecular formula is C16H13ClN2O3S. The average molecular weight is 349 g/mol. The minimum atomic E-state index is -0.768. The normalized spacial score (nSPS) is 27.0. The molecule has 23 heavy (non-hydrogen) atoms. The summed E-state index contributed by atoms with van der Waals surface area (Å²) >= 11 is 7.49. The summed E-state index contributed by atoms with van der Waals surface area (Å²) in [6.07, 6.45) is -0.768. The Morgan fingerprint density at radius 1 is 1.13 bits per heavy atom. The van der Waals surface area contributed by atoms with Crippen molar-refractivity contribution in [3.05, 3.63) is 51.7 Å². The lowest BCUT2D eigenvalue weighted by Crippen LogP contribution is -2.34. The maximum Gasteiger partial charge on any atom is 0.261 e. The number of likely N-dealkylation sites (tertiary alicyclic amines) is 1. The minimum absolute atomic E-state index is 0.199. The quantitative estimate of drug-likeness (QED) is 0.783. The van der Waals surface area contributed by atoms with E-state index in [1.807, 2.05) is 29.6 Å². The van der Waals surface area contributed by atoms with Gasteiger partial charge in [0.15, 0.2) is 6.10 Å². The van der Waals surface area contributed by atoms with E-state index in [1.54, 1.807) is 28.5 Å². The number of thiophene rings is 1. The second-order valence-electron chi connectivity index (χ2n) is 5.55. The molecule has 118 valence electrons. The van der Waals surface area contributed by atoms with E-state index in [9.17, 15) is 9.59 Å². The number of benzene rings is 1. The van der Waals surface area contributed by atoms with Crippen LogP contribution in [-0.2, 0) is 14.4 Å². The van der Waals surface area contributed by atoms with Crippen molar-refractivity contribution in [3.8, 4) is 0 Å². The number of nitrogens with zero attached hydrogens (tertiary/aromatic N) is 2. The molecule has 2 aromatic rings. The molecule has 2 fully saturated rings. The van der Waals surface area contributed by atoms with Crippen LogP contribution < -0.4 is 5.06 Å². The Labute approximate surface area is 142 Å². The molecule has 0 bridgehead atoms. The van der Waals surface area contributed by atoms with Crippen LogP contribution in [0.2, 0.25) is 5.02 Å². The largest absolute Gasteiger partial charge is 0.283 e. The van der Waals surface area contributed by atoms with E-state index in [-0.39, 0.29) is 17.9 Å². The molecular weight excluding hydrogens is 336 g/mol. The fraction of sp³-hybridized carbons (Fsp3) is 0.250. The van der Waals surface area contributed by atoms with Crippen molar-refractivity contribution >= 4 is 40.4 Å². The molecule has 4 rings (SSSR count). The molecule has 1 aromatic carbocycles. The zero-order chi connectivity index (χ0) is 16.1. The first-order chi connectivity index (χ1) is 11.1. The van der Waals surface area contributed by atoms with E-state index in [0.717, 1.165) is 15.5 Å². The molecule has 2 saturated heterocycles. The van der Waals surface area contributed by atoms with Crippen LogP contribution in [0.3, 0.4) is 0 Å². The number of carbonyl (C=O) groups is 2. The summed E-state index contributed by atoms with van der Waals surface area (Å²) in [7, 11) is 1.50. The fourth-order valence-corrected chi connectivity index (χ4v) is 4.09. The number of likely N-dealkylation sites (N-methyl/N-ethyl adjacent to an activating group) is 1. The Bertz CT molecular complexity index is 762. The summed E-state index contributed by atoms with van der Waals surface area (Å²) in [6, 6.07) is 10.7. The Kier molecular flexibility index (Phi) is 3.41. The average Bonchev–Trinajstić information content (AvgIpc) is 3.24. The van der Waals surface area contributed by atoms with Gasteiger partial charge in [-0.1, -0.05) is 17.7 Å². The third kappa shape index (κ3) is 2.17. The van der Waals surface area contributed by atoms with Crippen LogP contribution in [0.25, 0.3) is 0 Å². The molecule has 0 spiro atoms. The third-order valence-electron chi connectivity index (χ3n) is 4.25. The number of imide groups is 1. The third-order valence-corrected chi connectivity index (χ3v) is 5.45. The van der Waals surface area contributed by atoms with E-state index in [0.29, 0.717) is 5.02 Å².